The number of amides is 1. The monoisotopic (exact) mass is 305 g/mol. The Kier molecular flexibility index (Phi) is 4.54. The number of nitrogens with one attached hydrogen (secondary N) is 1. The molecule has 6 nitrogen and oxygen atoms in total. The lowest BCUT2D eigenvalue weighted by Crippen LogP contribution is -2.20. The fraction of sp³-hybridized carbons (Fsp3) is 0.0588. The summed E-state index contributed by atoms with van der Waals surface area (Å²) >= 11 is 0. The molecule has 3 aromatic heterocycles. The number of hydrogen-bond donors (Lipinski definition) is 1. The van der Waals surface area contributed by atoms with Crippen molar-refractivity contribution in [3.05, 3.63) is 78.5 Å². The smallest absolute Gasteiger partial charge is 0.244 e. The first kappa shape index (κ1) is 14.6. The minimum absolute atomic E-state index is 0.174. The highest BCUT2D eigenvalue weighted by Gasteiger charge is 2.00. The van der Waals surface area contributed by atoms with Gasteiger partial charge in [0.05, 0.1) is 5.69 Å². The van der Waals surface area contributed by atoms with Crippen molar-refractivity contribution < 1.29 is 4.79 Å². The predicted molar refractivity (Wildman–Crippen MR) is 86.5 cm³/mol. The van der Waals surface area contributed by atoms with Gasteiger partial charge in [0.25, 0.3) is 0 Å². The summed E-state index contributed by atoms with van der Waals surface area (Å²) in [7, 11) is 0. The SMILES string of the molecule is O=C(/C=C/c1ccccn1)NCc1ccc(-n2cccn2)nc1. The molecule has 0 aromatic carbocycles. The van der Waals surface area contributed by atoms with E-state index in [0.717, 1.165) is 17.1 Å². The van der Waals surface area contributed by atoms with Crippen molar-refractivity contribution in [2.24, 2.45) is 0 Å². The van der Waals surface area contributed by atoms with E-state index >= 15 is 0 Å². The number of nitrogens with zero attached hydrogens (tertiary/aromatic N) is 4. The molecule has 3 aromatic rings. The molecule has 0 aliphatic heterocycles. The number of hydrogen-bond acceptors (Lipinski definition) is 4. The van der Waals surface area contributed by atoms with Crippen molar-refractivity contribution in [2.45, 2.75) is 6.54 Å². The van der Waals surface area contributed by atoms with Gasteiger partial charge < -0.3 is 5.32 Å². The van der Waals surface area contributed by atoms with Gasteiger partial charge in [-0.3, -0.25) is 9.78 Å². The minimum Gasteiger partial charge on any atom is -0.348 e. The molecule has 3 rings (SSSR count). The fourth-order valence-electron chi connectivity index (χ4n) is 1.94. The van der Waals surface area contributed by atoms with Crippen molar-refractivity contribution in [1.29, 1.82) is 0 Å². The summed E-state index contributed by atoms with van der Waals surface area (Å²) in [5, 5.41) is 6.92. The zero-order valence-electron chi connectivity index (χ0n) is 12.3. The predicted octanol–water partition coefficient (Wildman–Crippen LogP) is 1.99. The summed E-state index contributed by atoms with van der Waals surface area (Å²) in [4.78, 5) is 20.2. The van der Waals surface area contributed by atoms with Crippen LogP contribution in [0.2, 0.25) is 0 Å². The quantitative estimate of drug-likeness (QED) is 0.732. The first-order valence-corrected chi connectivity index (χ1v) is 7.13. The van der Waals surface area contributed by atoms with Gasteiger partial charge in [-0.25, -0.2) is 9.67 Å². The van der Waals surface area contributed by atoms with E-state index in [9.17, 15) is 4.79 Å². The van der Waals surface area contributed by atoms with E-state index < -0.39 is 0 Å². The van der Waals surface area contributed by atoms with Gasteiger partial charge >= 0.3 is 0 Å². The molecule has 0 aliphatic carbocycles. The normalized spacial score (nSPS) is 10.8. The summed E-state index contributed by atoms with van der Waals surface area (Å²) in [5.41, 5.74) is 1.66. The molecule has 0 fully saturated rings. The Morgan fingerprint density at radius 1 is 1.13 bits per heavy atom. The zero-order valence-corrected chi connectivity index (χ0v) is 12.3. The lowest BCUT2D eigenvalue weighted by molar-refractivity contribution is -0.116. The number of aromatic nitrogens is 4. The summed E-state index contributed by atoms with van der Waals surface area (Å²) in [6.07, 6.45) is 10.1. The maximum absolute atomic E-state index is 11.8. The Hall–Kier alpha value is -3.28. The highest BCUT2D eigenvalue weighted by atomic mass is 16.1. The highest BCUT2D eigenvalue weighted by molar-refractivity contribution is 5.91. The Labute approximate surface area is 133 Å². The second-order valence-corrected chi connectivity index (χ2v) is 4.78. The standard InChI is InChI=1S/C17H15N5O/c23-17(8-6-15-4-1-2-9-18-15)20-13-14-5-7-16(19-12-14)22-11-3-10-21-22/h1-12H,13H2,(H,20,23)/b8-6+. The molecule has 0 saturated heterocycles. The van der Waals surface area contributed by atoms with E-state index in [0.29, 0.717) is 6.54 Å². The third-order valence-corrected chi connectivity index (χ3v) is 3.11. The summed E-state index contributed by atoms with van der Waals surface area (Å²) in [6.45, 7) is 0.414. The van der Waals surface area contributed by atoms with Gasteiger partial charge in [-0.1, -0.05) is 12.1 Å². The minimum atomic E-state index is -0.174. The molecule has 1 N–H and O–H groups in total. The van der Waals surface area contributed by atoms with Crippen LogP contribution < -0.4 is 5.32 Å². The Morgan fingerprint density at radius 2 is 2.09 bits per heavy atom. The number of rotatable bonds is 5. The van der Waals surface area contributed by atoms with Gasteiger partial charge in [-0.15, -0.1) is 0 Å². The molecule has 0 atom stereocenters. The van der Waals surface area contributed by atoms with Crippen LogP contribution in [-0.4, -0.2) is 25.7 Å². The largest absolute Gasteiger partial charge is 0.348 e. The van der Waals surface area contributed by atoms with E-state index in [4.69, 9.17) is 0 Å². The van der Waals surface area contributed by atoms with E-state index in [2.05, 4.69) is 20.4 Å². The van der Waals surface area contributed by atoms with Gasteiger partial charge in [-0.2, -0.15) is 5.10 Å². The van der Waals surface area contributed by atoms with Gasteiger partial charge in [-0.05, 0) is 35.9 Å². The first-order chi connectivity index (χ1) is 11.3. The molecule has 6 heteroatoms. The first-order valence-electron chi connectivity index (χ1n) is 7.13. The van der Waals surface area contributed by atoms with Crippen LogP contribution in [0.15, 0.2) is 67.3 Å². The fourth-order valence-corrected chi connectivity index (χ4v) is 1.94. The van der Waals surface area contributed by atoms with Crippen molar-refractivity contribution >= 4 is 12.0 Å². The molecular formula is C17H15N5O. The zero-order chi connectivity index (χ0) is 15.9. The van der Waals surface area contributed by atoms with E-state index in [1.54, 1.807) is 29.3 Å². The van der Waals surface area contributed by atoms with Crippen molar-refractivity contribution in [3.63, 3.8) is 0 Å². The molecule has 3 heterocycles. The van der Waals surface area contributed by atoms with E-state index in [-0.39, 0.29) is 5.91 Å². The van der Waals surface area contributed by atoms with Crippen molar-refractivity contribution in [2.75, 3.05) is 0 Å². The topological polar surface area (TPSA) is 72.7 Å². The van der Waals surface area contributed by atoms with Crippen LogP contribution in [0.25, 0.3) is 11.9 Å². The molecule has 0 radical (unpaired) electrons. The Morgan fingerprint density at radius 3 is 2.78 bits per heavy atom. The van der Waals surface area contributed by atoms with Crippen LogP contribution >= 0.6 is 0 Å². The summed E-state index contributed by atoms with van der Waals surface area (Å²) < 4.78 is 1.68. The third kappa shape index (κ3) is 4.10. The van der Waals surface area contributed by atoms with Gasteiger partial charge in [0.2, 0.25) is 5.91 Å². The summed E-state index contributed by atoms with van der Waals surface area (Å²) in [6, 6.07) is 11.1. The lowest BCUT2D eigenvalue weighted by Gasteiger charge is -2.04. The number of pyridine rings is 2. The van der Waals surface area contributed by atoms with Crippen molar-refractivity contribution in [1.82, 2.24) is 25.1 Å². The molecular weight excluding hydrogens is 290 g/mol. The molecule has 0 aliphatic rings. The molecule has 0 unspecified atom stereocenters. The van der Waals surface area contributed by atoms with E-state index in [1.807, 2.05) is 42.6 Å². The average molecular weight is 305 g/mol. The highest BCUT2D eigenvalue weighted by Crippen LogP contribution is 2.04. The van der Waals surface area contributed by atoms with E-state index in [1.165, 1.54) is 6.08 Å². The molecule has 0 saturated carbocycles. The summed E-state index contributed by atoms with van der Waals surface area (Å²) in [5.74, 6) is 0.562. The van der Waals surface area contributed by atoms with Gasteiger partial charge in [0, 0.05) is 37.4 Å². The molecule has 0 spiro atoms. The third-order valence-electron chi connectivity index (χ3n) is 3.11. The van der Waals surface area contributed by atoms with Crippen LogP contribution in [0.4, 0.5) is 0 Å². The molecule has 23 heavy (non-hydrogen) atoms. The second-order valence-electron chi connectivity index (χ2n) is 4.78. The maximum atomic E-state index is 11.8. The second kappa shape index (κ2) is 7.13. The Bertz CT molecular complexity index is 780. The van der Waals surface area contributed by atoms with Gasteiger partial charge in [0.15, 0.2) is 5.82 Å². The lowest BCUT2D eigenvalue weighted by atomic mass is 10.2. The average Bonchev–Trinajstić information content (AvgIpc) is 3.14. The van der Waals surface area contributed by atoms with Crippen LogP contribution in [0.1, 0.15) is 11.3 Å². The molecule has 114 valence electrons. The molecule has 1 amide bonds. The van der Waals surface area contributed by atoms with Crippen molar-refractivity contribution in [3.8, 4) is 5.82 Å². The van der Waals surface area contributed by atoms with Crippen LogP contribution in [0.3, 0.4) is 0 Å². The number of carbonyl (C=O) groups excluding carboxylic acids is 1. The maximum Gasteiger partial charge on any atom is 0.244 e. The van der Waals surface area contributed by atoms with Crippen LogP contribution in [0.5, 0.6) is 0 Å². The van der Waals surface area contributed by atoms with Gasteiger partial charge in [0.1, 0.15) is 0 Å². The molecule has 0 bridgehead atoms. The Balaban J connectivity index is 1.54. The van der Waals surface area contributed by atoms with Crippen LogP contribution in [0, 0.1) is 0 Å². The number of carbonyl (C=O) groups is 1. The van der Waals surface area contributed by atoms with Crippen LogP contribution in [-0.2, 0) is 11.3 Å².